The summed E-state index contributed by atoms with van der Waals surface area (Å²) in [5.41, 5.74) is 0.0314. The van der Waals surface area contributed by atoms with Crippen molar-refractivity contribution in [2.24, 2.45) is 16.7 Å². The second kappa shape index (κ2) is 5.13. The molecule has 0 aromatic carbocycles. The first-order valence-corrected chi connectivity index (χ1v) is 7.30. The van der Waals surface area contributed by atoms with Crippen LogP contribution in [0.25, 0.3) is 0 Å². The summed E-state index contributed by atoms with van der Waals surface area (Å²) < 4.78 is 5.97. The Balaban J connectivity index is 2.59. The molecule has 1 N–H and O–H groups in total. The van der Waals surface area contributed by atoms with Gasteiger partial charge in [-0.05, 0) is 50.9 Å². The van der Waals surface area contributed by atoms with E-state index in [0.29, 0.717) is 11.3 Å². The minimum Gasteiger partial charge on any atom is -0.367 e. The molecule has 0 heterocycles. The summed E-state index contributed by atoms with van der Waals surface area (Å²) in [7, 11) is 0. The molecule has 1 rings (SSSR count). The third-order valence-electron chi connectivity index (χ3n) is 4.48. The lowest BCUT2D eigenvalue weighted by Gasteiger charge is -2.44. The van der Waals surface area contributed by atoms with Crippen molar-refractivity contribution in [1.29, 1.82) is 0 Å². The zero-order valence-electron chi connectivity index (χ0n) is 13.3. The van der Waals surface area contributed by atoms with Crippen molar-refractivity contribution in [2.75, 3.05) is 0 Å². The summed E-state index contributed by atoms with van der Waals surface area (Å²) in [5.74, 6) is 0.558. The molecule has 1 aliphatic rings. The number of ether oxygens (including phenoxy) is 1. The quantitative estimate of drug-likeness (QED) is 0.760. The maximum atomic E-state index is 10.1. The maximum Gasteiger partial charge on any atom is 0.160 e. The lowest BCUT2D eigenvalue weighted by Crippen LogP contribution is -2.44. The van der Waals surface area contributed by atoms with E-state index >= 15 is 0 Å². The topological polar surface area (TPSA) is 29.5 Å². The monoisotopic (exact) mass is 256 g/mol. The summed E-state index contributed by atoms with van der Waals surface area (Å²) in [6.07, 6.45) is 4.24. The fraction of sp³-hybridized carbons (Fsp3) is 1.00. The highest BCUT2D eigenvalue weighted by Crippen LogP contribution is 2.43. The maximum absolute atomic E-state index is 10.1. The Labute approximate surface area is 113 Å². The molecule has 0 bridgehead atoms. The minimum absolute atomic E-state index is 0.217. The van der Waals surface area contributed by atoms with Crippen LogP contribution in [0.3, 0.4) is 0 Å². The number of aliphatic hydroxyl groups excluding tert-OH is 1. The zero-order valence-corrected chi connectivity index (χ0v) is 13.3. The van der Waals surface area contributed by atoms with E-state index in [9.17, 15) is 5.11 Å². The third kappa shape index (κ3) is 4.24. The standard InChI is InChI=1S/C16H32O2/c1-14(2,3)13(17)18-16(6,7)12-8-10-15(4,5)11-9-12/h12-13,17H,8-11H2,1-7H3. The van der Waals surface area contributed by atoms with Crippen molar-refractivity contribution in [2.45, 2.75) is 86.0 Å². The van der Waals surface area contributed by atoms with Crippen LogP contribution in [0, 0.1) is 16.7 Å². The normalized spacial score (nSPS) is 24.0. The van der Waals surface area contributed by atoms with Crippen LogP contribution >= 0.6 is 0 Å². The first-order chi connectivity index (χ1) is 7.94. The summed E-state index contributed by atoms with van der Waals surface area (Å²) in [5, 5.41) is 10.1. The van der Waals surface area contributed by atoms with E-state index in [-0.39, 0.29) is 11.0 Å². The van der Waals surface area contributed by atoms with Crippen molar-refractivity contribution in [3.8, 4) is 0 Å². The average molecular weight is 256 g/mol. The minimum atomic E-state index is -0.692. The van der Waals surface area contributed by atoms with Crippen LogP contribution in [0.1, 0.15) is 74.1 Å². The van der Waals surface area contributed by atoms with Gasteiger partial charge in [0.2, 0.25) is 0 Å². The van der Waals surface area contributed by atoms with Gasteiger partial charge in [0, 0.05) is 5.41 Å². The van der Waals surface area contributed by atoms with Crippen LogP contribution in [0.2, 0.25) is 0 Å². The fourth-order valence-corrected chi connectivity index (χ4v) is 2.66. The summed E-state index contributed by atoms with van der Waals surface area (Å²) in [4.78, 5) is 0. The molecule has 0 spiro atoms. The molecular weight excluding hydrogens is 224 g/mol. The van der Waals surface area contributed by atoms with Crippen LogP contribution < -0.4 is 0 Å². The van der Waals surface area contributed by atoms with E-state index < -0.39 is 6.29 Å². The van der Waals surface area contributed by atoms with Gasteiger partial charge < -0.3 is 9.84 Å². The van der Waals surface area contributed by atoms with Gasteiger partial charge in [-0.2, -0.15) is 0 Å². The predicted octanol–water partition coefficient (Wildman–Crippen LogP) is 4.36. The van der Waals surface area contributed by atoms with E-state index in [4.69, 9.17) is 4.74 Å². The first kappa shape index (κ1) is 16.0. The largest absolute Gasteiger partial charge is 0.367 e. The number of hydrogen-bond donors (Lipinski definition) is 1. The molecule has 2 nitrogen and oxygen atoms in total. The lowest BCUT2D eigenvalue weighted by molar-refractivity contribution is -0.235. The van der Waals surface area contributed by atoms with Gasteiger partial charge in [0.1, 0.15) is 0 Å². The van der Waals surface area contributed by atoms with Gasteiger partial charge in [-0.1, -0.05) is 34.6 Å². The Kier molecular flexibility index (Phi) is 4.55. The molecule has 1 aliphatic carbocycles. The van der Waals surface area contributed by atoms with Gasteiger partial charge in [-0.15, -0.1) is 0 Å². The molecule has 0 aromatic heterocycles. The Morgan fingerprint density at radius 3 is 1.89 bits per heavy atom. The first-order valence-electron chi connectivity index (χ1n) is 7.30. The molecule has 1 atom stereocenters. The van der Waals surface area contributed by atoms with Gasteiger partial charge in [-0.25, -0.2) is 0 Å². The molecular formula is C16H32O2. The summed E-state index contributed by atoms with van der Waals surface area (Å²) in [6, 6.07) is 0. The summed E-state index contributed by atoms with van der Waals surface area (Å²) >= 11 is 0. The second-order valence-electron chi connectivity index (χ2n) is 8.38. The van der Waals surface area contributed by atoms with Crippen LogP contribution in [0.15, 0.2) is 0 Å². The molecule has 108 valence electrons. The highest BCUT2D eigenvalue weighted by atomic mass is 16.6. The van der Waals surface area contributed by atoms with E-state index in [1.807, 2.05) is 20.8 Å². The zero-order chi connectivity index (χ0) is 14.2. The van der Waals surface area contributed by atoms with E-state index in [1.165, 1.54) is 25.7 Å². The van der Waals surface area contributed by atoms with Crippen LogP contribution in [0.4, 0.5) is 0 Å². The van der Waals surface area contributed by atoms with Gasteiger partial charge in [0.25, 0.3) is 0 Å². The van der Waals surface area contributed by atoms with Crippen LogP contribution in [-0.2, 0) is 4.74 Å². The Hall–Kier alpha value is -0.0800. The SMILES string of the molecule is CC1(C)CCC(C(C)(C)OC(O)C(C)(C)C)CC1. The fourth-order valence-electron chi connectivity index (χ4n) is 2.66. The molecule has 1 unspecified atom stereocenters. The molecule has 0 radical (unpaired) electrons. The highest BCUT2D eigenvalue weighted by molar-refractivity contribution is 4.88. The molecule has 0 aliphatic heterocycles. The summed E-state index contributed by atoms with van der Waals surface area (Å²) in [6.45, 7) is 15.0. The smallest absolute Gasteiger partial charge is 0.160 e. The van der Waals surface area contributed by atoms with Crippen LogP contribution in [0.5, 0.6) is 0 Å². The van der Waals surface area contributed by atoms with Crippen LogP contribution in [-0.4, -0.2) is 17.0 Å². The molecule has 0 aromatic rings. The van der Waals surface area contributed by atoms with Crippen molar-refractivity contribution in [1.82, 2.24) is 0 Å². The van der Waals surface area contributed by atoms with Gasteiger partial charge in [0.05, 0.1) is 5.60 Å². The average Bonchev–Trinajstić information content (AvgIpc) is 2.14. The lowest BCUT2D eigenvalue weighted by atomic mass is 9.69. The number of hydrogen-bond acceptors (Lipinski definition) is 2. The Morgan fingerprint density at radius 2 is 1.50 bits per heavy atom. The number of aliphatic hydroxyl groups is 1. The van der Waals surface area contributed by atoms with E-state index in [0.717, 1.165) is 0 Å². The molecule has 0 amide bonds. The molecule has 1 fully saturated rings. The molecule has 0 saturated heterocycles. The molecule has 2 heteroatoms. The Bertz CT molecular complexity index is 263. The van der Waals surface area contributed by atoms with Crippen molar-refractivity contribution in [3.63, 3.8) is 0 Å². The van der Waals surface area contributed by atoms with Gasteiger partial charge in [0.15, 0.2) is 6.29 Å². The van der Waals surface area contributed by atoms with E-state index in [2.05, 4.69) is 27.7 Å². The highest BCUT2D eigenvalue weighted by Gasteiger charge is 2.39. The third-order valence-corrected chi connectivity index (χ3v) is 4.48. The van der Waals surface area contributed by atoms with Crippen molar-refractivity contribution < 1.29 is 9.84 Å². The van der Waals surface area contributed by atoms with Crippen molar-refractivity contribution >= 4 is 0 Å². The predicted molar refractivity (Wildman–Crippen MR) is 76.4 cm³/mol. The van der Waals surface area contributed by atoms with Crippen molar-refractivity contribution in [3.05, 3.63) is 0 Å². The number of rotatable bonds is 3. The molecule has 18 heavy (non-hydrogen) atoms. The van der Waals surface area contributed by atoms with E-state index in [1.54, 1.807) is 0 Å². The van der Waals surface area contributed by atoms with Gasteiger partial charge >= 0.3 is 0 Å². The Morgan fingerprint density at radius 1 is 1.06 bits per heavy atom. The van der Waals surface area contributed by atoms with Gasteiger partial charge in [-0.3, -0.25) is 0 Å². The second-order valence-corrected chi connectivity index (χ2v) is 8.38. The molecule has 1 saturated carbocycles.